The number of thiol groups is 1. The summed E-state index contributed by atoms with van der Waals surface area (Å²) in [4.78, 5) is 10.7. The number of allylic oxidation sites excluding steroid dienone is 1. The first-order valence-electron chi connectivity index (χ1n) is 3.18. The molecule has 0 fully saturated rings. The summed E-state index contributed by atoms with van der Waals surface area (Å²) in [5, 5.41) is 2.68. The lowest BCUT2D eigenvalue weighted by Crippen LogP contribution is -2.24. The molecule has 0 aliphatic carbocycles. The largest absolute Gasteiger partial charge is 0.355 e. The summed E-state index contributed by atoms with van der Waals surface area (Å²) < 4.78 is 0. The van der Waals surface area contributed by atoms with E-state index in [2.05, 4.69) is 30.6 Å². The number of nitrogens with one attached hydrogen (secondary N) is 1. The van der Waals surface area contributed by atoms with Gasteiger partial charge in [0.25, 0.3) is 0 Å². The van der Waals surface area contributed by atoms with Crippen molar-refractivity contribution in [3.8, 4) is 0 Å². The first-order chi connectivity index (χ1) is 4.81. The first-order valence-corrected chi connectivity index (χ1v) is 3.82. The molecule has 0 aliphatic heterocycles. The van der Waals surface area contributed by atoms with E-state index in [9.17, 15) is 4.79 Å². The Morgan fingerprint density at radius 1 is 1.70 bits per heavy atom. The van der Waals surface area contributed by atoms with Gasteiger partial charge < -0.3 is 5.32 Å². The fraction of sp³-hybridized carbons (Fsp3) is 0.571. The molecule has 10 heavy (non-hydrogen) atoms. The van der Waals surface area contributed by atoms with E-state index < -0.39 is 0 Å². The summed E-state index contributed by atoms with van der Waals surface area (Å²) in [5.74, 6) is 0.731. The van der Waals surface area contributed by atoms with E-state index >= 15 is 0 Å². The summed E-state index contributed by atoms with van der Waals surface area (Å²) in [6.45, 7) is 4.03. The Balaban J connectivity index is 3.16. The van der Waals surface area contributed by atoms with E-state index in [1.54, 1.807) is 0 Å². The maximum atomic E-state index is 10.7. The van der Waals surface area contributed by atoms with E-state index in [-0.39, 0.29) is 5.91 Å². The number of hydrogen-bond donors (Lipinski definition) is 2. The van der Waals surface area contributed by atoms with Crippen molar-refractivity contribution >= 4 is 18.5 Å². The Morgan fingerprint density at radius 2 is 2.40 bits per heavy atom. The van der Waals surface area contributed by atoms with Crippen LogP contribution in [-0.4, -0.2) is 18.2 Å². The van der Waals surface area contributed by atoms with Gasteiger partial charge in [0.05, 0.1) is 6.42 Å². The molecule has 0 aliphatic rings. The van der Waals surface area contributed by atoms with Crippen LogP contribution in [0.2, 0.25) is 0 Å². The highest BCUT2D eigenvalue weighted by Gasteiger charge is 2.01. The van der Waals surface area contributed by atoms with Crippen molar-refractivity contribution in [1.82, 2.24) is 5.32 Å². The monoisotopic (exact) mass is 158 g/mol. The van der Waals surface area contributed by atoms with Crippen LogP contribution in [0, 0.1) is 6.08 Å². The smallest absolute Gasteiger partial charge is 0.224 e. The van der Waals surface area contributed by atoms with Crippen LogP contribution < -0.4 is 5.32 Å². The van der Waals surface area contributed by atoms with Crippen molar-refractivity contribution in [3.63, 3.8) is 0 Å². The molecule has 3 heteroatoms. The zero-order valence-electron chi connectivity index (χ0n) is 5.89. The summed E-state index contributed by atoms with van der Waals surface area (Å²) in [7, 11) is 0. The van der Waals surface area contributed by atoms with Gasteiger partial charge in [-0.05, 0) is 0 Å². The molecular formula is C7H12NOS+. The van der Waals surface area contributed by atoms with Crippen LogP contribution in [0.1, 0.15) is 12.8 Å². The predicted molar refractivity (Wildman–Crippen MR) is 45.0 cm³/mol. The van der Waals surface area contributed by atoms with Crippen molar-refractivity contribution in [3.05, 3.63) is 12.7 Å². The lowest BCUT2D eigenvalue weighted by Gasteiger charge is -1.97. The van der Waals surface area contributed by atoms with E-state index in [1.165, 1.54) is 0 Å². The van der Waals surface area contributed by atoms with Crippen LogP contribution in [0.15, 0.2) is 6.58 Å². The molecule has 2 nitrogen and oxygen atoms in total. The molecule has 0 aromatic rings. The lowest BCUT2D eigenvalue weighted by molar-refractivity contribution is -0.120. The minimum Gasteiger partial charge on any atom is -0.355 e. The number of rotatable bonds is 5. The third kappa shape index (κ3) is 5.60. The second kappa shape index (κ2) is 6.59. The zero-order valence-corrected chi connectivity index (χ0v) is 6.79. The van der Waals surface area contributed by atoms with E-state index in [0.717, 1.165) is 0 Å². The molecule has 0 heterocycles. The standard InChI is InChI=1S/C7H11NOS/c1-2-3-4-7(9)8-5-6-10/h1,3-6H2,(H-,8,9,10)/p+1. The Labute approximate surface area is 67.1 Å². The number of carbonyl (C=O) groups is 1. The van der Waals surface area contributed by atoms with Gasteiger partial charge in [0.1, 0.15) is 6.58 Å². The fourth-order valence-electron chi connectivity index (χ4n) is 0.486. The minimum atomic E-state index is 0.0465. The van der Waals surface area contributed by atoms with Gasteiger partial charge in [-0.3, -0.25) is 4.79 Å². The normalized spacial score (nSPS) is 8.50. The average Bonchev–Trinajstić information content (AvgIpc) is 1.97. The first kappa shape index (κ1) is 9.47. The highest BCUT2D eigenvalue weighted by atomic mass is 32.1. The van der Waals surface area contributed by atoms with Crippen molar-refractivity contribution in [2.75, 3.05) is 12.3 Å². The minimum absolute atomic E-state index is 0.0465. The Kier molecular flexibility index (Phi) is 6.24. The summed E-state index contributed by atoms with van der Waals surface area (Å²) in [5.41, 5.74) is 0. The summed E-state index contributed by atoms with van der Waals surface area (Å²) >= 11 is 3.94. The molecule has 0 saturated heterocycles. The van der Waals surface area contributed by atoms with Gasteiger partial charge in [0.2, 0.25) is 12.0 Å². The molecule has 0 rings (SSSR count). The number of carbonyl (C=O) groups excluding carboxylic acids is 1. The quantitative estimate of drug-likeness (QED) is 0.450. The maximum Gasteiger partial charge on any atom is 0.224 e. The lowest BCUT2D eigenvalue weighted by atomic mass is 10.3. The van der Waals surface area contributed by atoms with Crippen LogP contribution in [0.25, 0.3) is 0 Å². The SMILES string of the molecule is C=[C+]CCC(=O)NCCS. The second-order valence-electron chi connectivity index (χ2n) is 1.82. The topological polar surface area (TPSA) is 29.1 Å². The second-order valence-corrected chi connectivity index (χ2v) is 2.27. The molecule has 1 amide bonds. The van der Waals surface area contributed by atoms with Crippen molar-refractivity contribution < 1.29 is 4.79 Å². The Hall–Kier alpha value is -0.530. The van der Waals surface area contributed by atoms with Crippen LogP contribution in [-0.2, 0) is 4.79 Å². The van der Waals surface area contributed by atoms with Crippen LogP contribution in [0.3, 0.4) is 0 Å². The Bertz CT molecular complexity index is 114. The van der Waals surface area contributed by atoms with E-state index in [1.807, 2.05) is 0 Å². The van der Waals surface area contributed by atoms with E-state index in [4.69, 9.17) is 0 Å². The number of amides is 1. The molecule has 0 aromatic heterocycles. The molecule has 56 valence electrons. The van der Waals surface area contributed by atoms with Gasteiger partial charge in [0, 0.05) is 12.3 Å². The molecule has 0 atom stereocenters. The third-order valence-corrected chi connectivity index (χ3v) is 1.19. The molecule has 0 saturated carbocycles. The Morgan fingerprint density at radius 3 is 2.90 bits per heavy atom. The van der Waals surface area contributed by atoms with Crippen LogP contribution >= 0.6 is 12.6 Å². The van der Waals surface area contributed by atoms with Gasteiger partial charge in [-0.2, -0.15) is 12.6 Å². The van der Waals surface area contributed by atoms with E-state index in [0.29, 0.717) is 25.1 Å². The average molecular weight is 158 g/mol. The predicted octanol–water partition coefficient (Wildman–Crippen LogP) is 0.802. The van der Waals surface area contributed by atoms with Crippen LogP contribution in [0.5, 0.6) is 0 Å². The van der Waals surface area contributed by atoms with Gasteiger partial charge in [-0.25, -0.2) is 0 Å². The molecule has 0 unspecified atom stereocenters. The molecular weight excluding hydrogens is 146 g/mol. The third-order valence-electron chi connectivity index (χ3n) is 0.963. The van der Waals surface area contributed by atoms with Crippen molar-refractivity contribution in [1.29, 1.82) is 0 Å². The van der Waals surface area contributed by atoms with Gasteiger partial charge in [-0.15, -0.1) is 0 Å². The van der Waals surface area contributed by atoms with Gasteiger partial charge in [-0.1, -0.05) is 0 Å². The van der Waals surface area contributed by atoms with Crippen LogP contribution in [0.4, 0.5) is 0 Å². The van der Waals surface area contributed by atoms with Gasteiger partial charge in [0.15, 0.2) is 6.42 Å². The fourth-order valence-corrected chi connectivity index (χ4v) is 0.597. The highest BCUT2D eigenvalue weighted by molar-refractivity contribution is 7.80. The molecule has 0 spiro atoms. The van der Waals surface area contributed by atoms with Crippen molar-refractivity contribution in [2.24, 2.45) is 0 Å². The molecule has 0 bridgehead atoms. The van der Waals surface area contributed by atoms with Crippen molar-refractivity contribution in [2.45, 2.75) is 12.8 Å². The summed E-state index contributed by atoms with van der Waals surface area (Å²) in [6, 6.07) is 0. The highest BCUT2D eigenvalue weighted by Crippen LogP contribution is 1.86. The summed E-state index contributed by atoms with van der Waals surface area (Å²) in [6.07, 6.45) is 3.75. The van der Waals surface area contributed by atoms with Gasteiger partial charge >= 0.3 is 0 Å². The molecule has 0 aromatic carbocycles. The molecule has 0 radical (unpaired) electrons. The molecule has 1 N–H and O–H groups in total. The zero-order chi connectivity index (χ0) is 7.82. The number of hydrogen-bond acceptors (Lipinski definition) is 2. The maximum absolute atomic E-state index is 10.7.